The van der Waals surface area contributed by atoms with E-state index in [0.29, 0.717) is 12.6 Å². The standard InChI is InChI=1S/C16H23N3O2/c1-12-5-3-4-10-19(12)11-16(21)18-15-8-6-14(7-9-15)17-13(2)20/h6-9,12H,3-5,10-11H2,1-2H3,(H,17,20)(H,18,21)/p+1/t12-/m1/s1. The van der Waals surface area contributed by atoms with Crippen LogP contribution >= 0.6 is 0 Å². The van der Waals surface area contributed by atoms with Gasteiger partial charge in [0, 0.05) is 18.3 Å². The normalized spacial score (nSPS) is 21.6. The van der Waals surface area contributed by atoms with Gasteiger partial charge in [-0.1, -0.05) is 0 Å². The number of hydrogen-bond donors (Lipinski definition) is 3. The van der Waals surface area contributed by atoms with Crippen LogP contribution in [0.3, 0.4) is 0 Å². The summed E-state index contributed by atoms with van der Waals surface area (Å²) in [5, 5.41) is 5.62. The molecule has 1 aromatic carbocycles. The second-order valence-electron chi connectivity index (χ2n) is 5.79. The monoisotopic (exact) mass is 290 g/mol. The molecule has 1 aliphatic heterocycles. The van der Waals surface area contributed by atoms with Gasteiger partial charge in [0.05, 0.1) is 12.6 Å². The van der Waals surface area contributed by atoms with Crippen molar-refractivity contribution in [1.29, 1.82) is 0 Å². The van der Waals surface area contributed by atoms with Gasteiger partial charge in [0.15, 0.2) is 6.54 Å². The third kappa shape index (κ3) is 4.86. The number of likely N-dealkylation sites (tertiary alicyclic amines) is 1. The number of quaternary nitrogens is 1. The van der Waals surface area contributed by atoms with Crippen molar-refractivity contribution in [1.82, 2.24) is 0 Å². The van der Waals surface area contributed by atoms with Gasteiger partial charge >= 0.3 is 0 Å². The molecule has 1 unspecified atom stereocenters. The molecule has 5 heteroatoms. The van der Waals surface area contributed by atoms with Crippen molar-refractivity contribution < 1.29 is 14.5 Å². The lowest BCUT2D eigenvalue weighted by Gasteiger charge is -2.29. The summed E-state index contributed by atoms with van der Waals surface area (Å²) >= 11 is 0. The largest absolute Gasteiger partial charge is 0.326 e. The number of amides is 2. The van der Waals surface area contributed by atoms with Crippen LogP contribution in [0, 0.1) is 0 Å². The number of carbonyl (C=O) groups is 2. The fourth-order valence-electron chi connectivity index (χ4n) is 2.77. The second kappa shape index (κ2) is 7.22. The van der Waals surface area contributed by atoms with Gasteiger partial charge in [0.2, 0.25) is 5.91 Å². The molecule has 3 N–H and O–H groups in total. The van der Waals surface area contributed by atoms with E-state index >= 15 is 0 Å². The first-order chi connectivity index (χ1) is 10.0. The average Bonchev–Trinajstić information content (AvgIpc) is 2.43. The molecule has 1 fully saturated rings. The third-order valence-electron chi connectivity index (χ3n) is 3.96. The quantitative estimate of drug-likeness (QED) is 0.776. The SMILES string of the molecule is CC(=O)Nc1ccc(NC(=O)C[NH+]2CCCC[C@H]2C)cc1. The highest BCUT2D eigenvalue weighted by molar-refractivity contribution is 5.92. The number of piperidine rings is 1. The Hall–Kier alpha value is -1.88. The molecular weight excluding hydrogens is 266 g/mol. The molecule has 0 radical (unpaired) electrons. The van der Waals surface area contributed by atoms with Gasteiger partial charge in [-0.15, -0.1) is 0 Å². The van der Waals surface area contributed by atoms with Crippen LogP contribution in [0.2, 0.25) is 0 Å². The molecule has 2 atom stereocenters. The highest BCUT2D eigenvalue weighted by Gasteiger charge is 2.24. The highest BCUT2D eigenvalue weighted by Crippen LogP contribution is 2.13. The summed E-state index contributed by atoms with van der Waals surface area (Å²) in [6.45, 7) is 5.28. The summed E-state index contributed by atoms with van der Waals surface area (Å²) in [5.74, 6) is -0.0551. The predicted octanol–water partition coefficient (Wildman–Crippen LogP) is 1.04. The molecule has 2 amide bonds. The number of anilines is 2. The van der Waals surface area contributed by atoms with Crippen LogP contribution in [0.5, 0.6) is 0 Å². The zero-order valence-corrected chi connectivity index (χ0v) is 12.7. The minimum Gasteiger partial charge on any atom is -0.326 e. The molecular formula is C16H24N3O2+. The van der Waals surface area contributed by atoms with E-state index in [9.17, 15) is 9.59 Å². The first kappa shape index (κ1) is 15.5. The lowest BCUT2D eigenvalue weighted by molar-refractivity contribution is -0.920. The number of nitrogens with one attached hydrogen (secondary N) is 3. The van der Waals surface area contributed by atoms with E-state index < -0.39 is 0 Å². The zero-order valence-electron chi connectivity index (χ0n) is 12.7. The van der Waals surface area contributed by atoms with Crippen LogP contribution in [0.4, 0.5) is 11.4 Å². The number of carbonyl (C=O) groups excluding carboxylic acids is 2. The Labute approximate surface area is 125 Å². The first-order valence-electron chi connectivity index (χ1n) is 7.56. The molecule has 1 saturated heterocycles. The van der Waals surface area contributed by atoms with Crippen LogP contribution in [-0.4, -0.2) is 30.9 Å². The third-order valence-corrected chi connectivity index (χ3v) is 3.96. The molecule has 1 heterocycles. The van der Waals surface area contributed by atoms with Crippen LogP contribution in [-0.2, 0) is 9.59 Å². The summed E-state index contributed by atoms with van der Waals surface area (Å²) in [6, 6.07) is 7.74. The number of rotatable bonds is 4. The van der Waals surface area contributed by atoms with Crippen molar-refractivity contribution in [2.24, 2.45) is 0 Å². The zero-order chi connectivity index (χ0) is 15.2. The molecule has 0 spiro atoms. The molecule has 21 heavy (non-hydrogen) atoms. The Morgan fingerprint density at radius 2 is 1.76 bits per heavy atom. The maximum Gasteiger partial charge on any atom is 0.279 e. The van der Waals surface area contributed by atoms with Gasteiger partial charge in [-0.05, 0) is 50.5 Å². The van der Waals surface area contributed by atoms with Gasteiger partial charge in [-0.3, -0.25) is 9.59 Å². The van der Waals surface area contributed by atoms with Gasteiger partial charge in [-0.25, -0.2) is 0 Å². The fraction of sp³-hybridized carbons (Fsp3) is 0.500. The van der Waals surface area contributed by atoms with Gasteiger partial charge in [0.1, 0.15) is 0 Å². The lowest BCUT2D eigenvalue weighted by Crippen LogP contribution is -3.17. The van der Waals surface area contributed by atoms with Crippen molar-refractivity contribution in [3.63, 3.8) is 0 Å². The number of benzene rings is 1. The van der Waals surface area contributed by atoms with Crippen molar-refractivity contribution in [3.05, 3.63) is 24.3 Å². The molecule has 0 bridgehead atoms. The molecule has 2 rings (SSSR count). The van der Waals surface area contributed by atoms with Crippen molar-refractivity contribution in [3.8, 4) is 0 Å². The second-order valence-corrected chi connectivity index (χ2v) is 5.79. The van der Waals surface area contributed by atoms with Crippen LogP contribution in [0.1, 0.15) is 33.1 Å². The Kier molecular flexibility index (Phi) is 5.33. The lowest BCUT2D eigenvalue weighted by atomic mass is 10.0. The van der Waals surface area contributed by atoms with Crippen LogP contribution < -0.4 is 15.5 Å². The summed E-state index contributed by atoms with van der Waals surface area (Å²) in [7, 11) is 0. The maximum atomic E-state index is 12.1. The minimum atomic E-state index is -0.102. The van der Waals surface area contributed by atoms with E-state index in [1.54, 1.807) is 24.3 Å². The molecule has 5 nitrogen and oxygen atoms in total. The Bertz CT molecular complexity index is 499. The Morgan fingerprint density at radius 1 is 1.14 bits per heavy atom. The van der Waals surface area contributed by atoms with Crippen molar-refractivity contribution in [2.75, 3.05) is 23.7 Å². The molecule has 0 aliphatic carbocycles. The van der Waals surface area contributed by atoms with E-state index in [1.165, 1.54) is 31.1 Å². The molecule has 0 saturated carbocycles. The first-order valence-corrected chi connectivity index (χ1v) is 7.56. The van der Waals surface area contributed by atoms with Crippen molar-refractivity contribution in [2.45, 2.75) is 39.2 Å². The molecule has 1 aliphatic rings. The van der Waals surface area contributed by atoms with E-state index in [1.807, 2.05) is 0 Å². The average molecular weight is 290 g/mol. The van der Waals surface area contributed by atoms with Gasteiger partial charge in [-0.2, -0.15) is 0 Å². The molecule has 114 valence electrons. The van der Waals surface area contributed by atoms with E-state index in [-0.39, 0.29) is 11.8 Å². The molecule has 0 aromatic heterocycles. The van der Waals surface area contributed by atoms with Gasteiger partial charge in [0.25, 0.3) is 5.91 Å². The highest BCUT2D eigenvalue weighted by atomic mass is 16.2. The fourth-order valence-corrected chi connectivity index (χ4v) is 2.77. The van der Waals surface area contributed by atoms with E-state index in [2.05, 4.69) is 17.6 Å². The minimum absolute atomic E-state index is 0.0472. The van der Waals surface area contributed by atoms with Crippen LogP contribution in [0.25, 0.3) is 0 Å². The summed E-state index contributed by atoms with van der Waals surface area (Å²) in [6.07, 6.45) is 3.68. The smallest absolute Gasteiger partial charge is 0.279 e. The summed E-state index contributed by atoms with van der Waals surface area (Å²) in [4.78, 5) is 24.4. The van der Waals surface area contributed by atoms with E-state index in [4.69, 9.17) is 0 Å². The van der Waals surface area contributed by atoms with E-state index in [0.717, 1.165) is 17.9 Å². The predicted molar refractivity (Wildman–Crippen MR) is 83.4 cm³/mol. The van der Waals surface area contributed by atoms with Gasteiger partial charge < -0.3 is 15.5 Å². The molecule has 1 aromatic rings. The maximum absolute atomic E-state index is 12.1. The van der Waals surface area contributed by atoms with Crippen molar-refractivity contribution >= 4 is 23.2 Å². The summed E-state index contributed by atoms with van der Waals surface area (Å²) in [5.41, 5.74) is 1.49. The number of hydrogen-bond acceptors (Lipinski definition) is 2. The topological polar surface area (TPSA) is 62.6 Å². The Balaban J connectivity index is 1.85. The Morgan fingerprint density at radius 3 is 2.33 bits per heavy atom. The van der Waals surface area contributed by atoms with Crippen LogP contribution in [0.15, 0.2) is 24.3 Å². The summed E-state index contributed by atoms with van der Waals surface area (Å²) < 4.78 is 0.